The molecule has 0 saturated carbocycles. The maximum Gasteiger partial charge on any atom is 0.260 e. The van der Waals surface area contributed by atoms with E-state index in [1.807, 2.05) is 17.0 Å². The average Bonchev–Trinajstić information content (AvgIpc) is 2.46. The number of rotatable bonds is 4. The summed E-state index contributed by atoms with van der Waals surface area (Å²) in [6, 6.07) is 7.23. The molecule has 1 amide bonds. The highest BCUT2D eigenvalue weighted by Crippen LogP contribution is 2.16. The van der Waals surface area contributed by atoms with E-state index in [9.17, 15) is 4.79 Å². The topological polar surface area (TPSA) is 55.4 Å². The normalized spacial score (nSPS) is 15.3. The third-order valence-corrected chi connectivity index (χ3v) is 2.98. The molecule has 0 aromatic heterocycles. The zero-order chi connectivity index (χ0) is 12.8. The molecular formula is C13H19N2O3+. The quantitative estimate of drug-likeness (QED) is 0.783. The first-order chi connectivity index (χ1) is 8.79. The zero-order valence-electron chi connectivity index (χ0n) is 10.6. The van der Waals surface area contributed by atoms with Crippen LogP contribution in [-0.4, -0.2) is 50.7 Å². The van der Waals surface area contributed by atoms with E-state index < -0.39 is 0 Å². The van der Waals surface area contributed by atoms with Gasteiger partial charge in [0.2, 0.25) is 0 Å². The molecule has 1 fully saturated rings. The fraction of sp³-hybridized carbons (Fsp3) is 0.462. The van der Waals surface area contributed by atoms with Crippen molar-refractivity contribution in [2.24, 2.45) is 0 Å². The Hall–Kier alpha value is -1.75. The molecule has 1 saturated heterocycles. The van der Waals surface area contributed by atoms with Gasteiger partial charge in [-0.05, 0) is 24.3 Å². The van der Waals surface area contributed by atoms with E-state index in [2.05, 4.69) is 5.32 Å². The van der Waals surface area contributed by atoms with Gasteiger partial charge in [0, 0.05) is 0 Å². The molecule has 5 heteroatoms. The summed E-state index contributed by atoms with van der Waals surface area (Å²) in [6.07, 6.45) is 0. The van der Waals surface area contributed by atoms with Crippen molar-refractivity contribution in [3.05, 3.63) is 24.3 Å². The number of carbonyl (C=O) groups is 1. The molecule has 1 aromatic rings. The predicted octanol–water partition coefficient (Wildman–Crippen LogP) is -0.520. The van der Waals surface area contributed by atoms with Gasteiger partial charge in [-0.3, -0.25) is 4.79 Å². The number of methoxy groups -OCH3 is 1. The zero-order valence-corrected chi connectivity index (χ0v) is 10.6. The molecule has 2 N–H and O–H groups in total. The average molecular weight is 251 g/mol. The van der Waals surface area contributed by atoms with Crippen molar-refractivity contribution in [1.82, 2.24) is 4.90 Å². The second kappa shape index (κ2) is 6.26. The maximum atomic E-state index is 11.9. The predicted molar refractivity (Wildman–Crippen MR) is 66.7 cm³/mol. The van der Waals surface area contributed by atoms with E-state index in [1.54, 1.807) is 19.2 Å². The molecule has 18 heavy (non-hydrogen) atoms. The second-order valence-corrected chi connectivity index (χ2v) is 4.21. The van der Waals surface area contributed by atoms with Gasteiger partial charge in [0.05, 0.1) is 33.3 Å². The Morgan fingerprint density at radius 3 is 2.44 bits per heavy atom. The van der Waals surface area contributed by atoms with Crippen molar-refractivity contribution in [2.75, 3.05) is 39.9 Å². The first kappa shape index (κ1) is 12.7. The largest absolute Gasteiger partial charge is 0.497 e. The minimum atomic E-state index is 0.0546. The number of hydrogen-bond donors (Lipinski definition) is 1. The van der Waals surface area contributed by atoms with Gasteiger partial charge in [-0.2, -0.15) is 0 Å². The van der Waals surface area contributed by atoms with Crippen LogP contribution in [0.2, 0.25) is 0 Å². The Morgan fingerprint density at radius 2 is 1.83 bits per heavy atom. The minimum absolute atomic E-state index is 0.0546. The number of hydrogen-bond acceptors (Lipinski definition) is 3. The summed E-state index contributed by atoms with van der Waals surface area (Å²) in [4.78, 5) is 13.7. The van der Waals surface area contributed by atoms with Crippen LogP contribution in [0.3, 0.4) is 0 Å². The highest BCUT2D eigenvalue weighted by Gasteiger charge is 2.18. The number of piperazine rings is 1. The molecule has 98 valence electrons. The Morgan fingerprint density at radius 1 is 1.22 bits per heavy atom. The summed E-state index contributed by atoms with van der Waals surface area (Å²) in [5.74, 6) is 1.52. The number of quaternary nitrogens is 1. The summed E-state index contributed by atoms with van der Waals surface area (Å²) in [6.45, 7) is 3.69. The van der Waals surface area contributed by atoms with Crippen molar-refractivity contribution in [3.8, 4) is 11.5 Å². The monoisotopic (exact) mass is 251 g/mol. The number of nitrogens with zero attached hydrogens (tertiary/aromatic N) is 1. The summed E-state index contributed by atoms with van der Waals surface area (Å²) >= 11 is 0. The first-order valence-electron chi connectivity index (χ1n) is 6.16. The summed E-state index contributed by atoms with van der Waals surface area (Å²) in [5.41, 5.74) is 0. The molecule has 0 unspecified atom stereocenters. The van der Waals surface area contributed by atoms with Crippen LogP contribution in [0.25, 0.3) is 0 Å². The smallest absolute Gasteiger partial charge is 0.260 e. The fourth-order valence-electron chi connectivity index (χ4n) is 1.91. The number of ether oxygens (including phenoxy) is 2. The number of benzene rings is 1. The Bertz CT molecular complexity index is 386. The SMILES string of the molecule is COc1ccc(OCC(=O)N2CC[NH2+]CC2)cc1. The van der Waals surface area contributed by atoms with Crippen LogP contribution in [0.4, 0.5) is 0 Å². The van der Waals surface area contributed by atoms with Crippen molar-refractivity contribution in [3.63, 3.8) is 0 Å². The van der Waals surface area contributed by atoms with Gasteiger partial charge in [-0.25, -0.2) is 0 Å². The Labute approximate surface area is 107 Å². The maximum absolute atomic E-state index is 11.9. The van der Waals surface area contributed by atoms with E-state index >= 15 is 0 Å². The van der Waals surface area contributed by atoms with E-state index in [1.165, 1.54) is 0 Å². The van der Waals surface area contributed by atoms with Crippen molar-refractivity contribution < 1.29 is 19.6 Å². The highest BCUT2D eigenvalue weighted by atomic mass is 16.5. The molecular weight excluding hydrogens is 232 g/mol. The molecule has 1 aromatic carbocycles. The van der Waals surface area contributed by atoms with Crippen LogP contribution in [0, 0.1) is 0 Å². The van der Waals surface area contributed by atoms with Crippen LogP contribution in [0.5, 0.6) is 11.5 Å². The van der Waals surface area contributed by atoms with E-state index in [-0.39, 0.29) is 12.5 Å². The molecule has 1 heterocycles. The van der Waals surface area contributed by atoms with Gasteiger partial charge in [-0.1, -0.05) is 0 Å². The van der Waals surface area contributed by atoms with Crippen molar-refractivity contribution in [1.29, 1.82) is 0 Å². The summed E-state index contributed by atoms with van der Waals surface area (Å²) < 4.78 is 10.5. The highest BCUT2D eigenvalue weighted by molar-refractivity contribution is 5.77. The molecule has 0 radical (unpaired) electrons. The van der Waals surface area contributed by atoms with Crippen LogP contribution >= 0.6 is 0 Å². The van der Waals surface area contributed by atoms with Gasteiger partial charge in [0.25, 0.3) is 5.91 Å². The van der Waals surface area contributed by atoms with Gasteiger partial charge in [0.15, 0.2) is 6.61 Å². The molecule has 5 nitrogen and oxygen atoms in total. The fourth-order valence-corrected chi connectivity index (χ4v) is 1.91. The lowest BCUT2D eigenvalue weighted by Crippen LogP contribution is -2.90. The molecule has 2 rings (SSSR count). The Kier molecular flexibility index (Phi) is 4.41. The third-order valence-electron chi connectivity index (χ3n) is 2.98. The minimum Gasteiger partial charge on any atom is -0.497 e. The molecule has 0 bridgehead atoms. The van der Waals surface area contributed by atoms with Gasteiger partial charge in [0.1, 0.15) is 11.5 Å². The second-order valence-electron chi connectivity index (χ2n) is 4.21. The van der Waals surface area contributed by atoms with Crippen molar-refractivity contribution >= 4 is 5.91 Å². The summed E-state index contributed by atoms with van der Waals surface area (Å²) in [7, 11) is 1.62. The lowest BCUT2D eigenvalue weighted by molar-refractivity contribution is -0.662. The van der Waals surface area contributed by atoms with Gasteiger partial charge >= 0.3 is 0 Å². The lowest BCUT2D eigenvalue weighted by Gasteiger charge is -2.25. The third kappa shape index (κ3) is 3.37. The number of amides is 1. The molecule has 1 aliphatic heterocycles. The molecule has 0 spiro atoms. The van der Waals surface area contributed by atoms with Gasteiger partial charge < -0.3 is 19.7 Å². The first-order valence-corrected chi connectivity index (χ1v) is 6.16. The lowest BCUT2D eigenvalue weighted by atomic mass is 10.3. The van der Waals surface area contributed by atoms with E-state index in [4.69, 9.17) is 9.47 Å². The number of nitrogens with two attached hydrogens (primary N) is 1. The van der Waals surface area contributed by atoms with E-state index in [0.717, 1.165) is 31.9 Å². The van der Waals surface area contributed by atoms with Crippen LogP contribution in [0.15, 0.2) is 24.3 Å². The van der Waals surface area contributed by atoms with Crippen molar-refractivity contribution in [2.45, 2.75) is 0 Å². The van der Waals surface area contributed by atoms with Crippen LogP contribution in [-0.2, 0) is 4.79 Å². The molecule has 0 aliphatic carbocycles. The molecule has 1 aliphatic rings. The standard InChI is InChI=1S/C13H18N2O3/c1-17-11-2-4-12(5-3-11)18-10-13(16)15-8-6-14-7-9-15/h2-5,14H,6-10H2,1H3/p+1. The molecule has 0 atom stereocenters. The van der Waals surface area contributed by atoms with Gasteiger partial charge in [-0.15, -0.1) is 0 Å². The van der Waals surface area contributed by atoms with Crippen LogP contribution in [0.1, 0.15) is 0 Å². The van der Waals surface area contributed by atoms with Crippen LogP contribution < -0.4 is 14.8 Å². The van der Waals surface area contributed by atoms with E-state index in [0.29, 0.717) is 5.75 Å². The summed E-state index contributed by atoms with van der Waals surface area (Å²) in [5, 5.41) is 2.22. The number of carbonyl (C=O) groups excluding carboxylic acids is 1. The Balaban J connectivity index is 1.80.